The Morgan fingerprint density at radius 1 is 1.08 bits per heavy atom. The van der Waals surface area contributed by atoms with Crippen molar-refractivity contribution in [3.8, 4) is 5.75 Å². The van der Waals surface area contributed by atoms with Gasteiger partial charge in [0.25, 0.3) is 0 Å². The molecule has 140 valence electrons. The molecule has 0 aliphatic carbocycles. The zero-order chi connectivity index (χ0) is 17.5. The first kappa shape index (κ1) is 20.2. The number of piperazine rings is 1. The highest BCUT2D eigenvalue weighted by Gasteiger charge is 2.21. The van der Waals surface area contributed by atoms with Gasteiger partial charge in [0.1, 0.15) is 5.75 Å². The van der Waals surface area contributed by atoms with E-state index in [1.165, 1.54) is 0 Å². The van der Waals surface area contributed by atoms with Crippen molar-refractivity contribution in [3.05, 3.63) is 59.9 Å². The Bertz CT molecular complexity index is 671. The molecule has 1 fully saturated rings. The Hall–Kier alpha value is -2.11. The smallest absolute Gasteiger partial charge is 0.227 e. The number of benzene rings is 1. The van der Waals surface area contributed by atoms with Gasteiger partial charge in [0.15, 0.2) is 0 Å². The Kier molecular flexibility index (Phi) is 7.88. The molecule has 1 saturated heterocycles. The zero-order valence-corrected chi connectivity index (χ0v) is 16.0. The molecule has 26 heavy (non-hydrogen) atoms. The van der Waals surface area contributed by atoms with E-state index < -0.39 is 0 Å². The number of amides is 1. The highest BCUT2D eigenvalue weighted by molar-refractivity contribution is 5.85. The molecule has 1 aliphatic heterocycles. The molecular weight excluding hydrogens is 350 g/mol. The molecule has 0 N–H and O–H groups in total. The molecule has 1 aliphatic rings. The zero-order valence-electron chi connectivity index (χ0n) is 15.1. The van der Waals surface area contributed by atoms with Crippen LogP contribution in [-0.2, 0) is 17.6 Å². The predicted molar refractivity (Wildman–Crippen MR) is 105 cm³/mol. The van der Waals surface area contributed by atoms with Crippen LogP contribution in [0.25, 0.3) is 0 Å². The lowest BCUT2D eigenvalue weighted by Gasteiger charge is -2.34. The molecule has 0 unspecified atom stereocenters. The number of pyridine rings is 1. The van der Waals surface area contributed by atoms with E-state index in [-0.39, 0.29) is 18.3 Å². The van der Waals surface area contributed by atoms with Gasteiger partial charge < -0.3 is 9.64 Å². The summed E-state index contributed by atoms with van der Waals surface area (Å²) >= 11 is 0. The van der Waals surface area contributed by atoms with Crippen LogP contribution in [0.1, 0.15) is 11.3 Å². The minimum Gasteiger partial charge on any atom is -0.497 e. The number of methoxy groups -OCH3 is 1. The lowest BCUT2D eigenvalue weighted by atomic mass is 10.1. The Morgan fingerprint density at radius 3 is 2.42 bits per heavy atom. The summed E-state index contributed by atoms with van der Waals surface area (Å²) in [6.45, 7) is 4.47. The monoisotopic (exact) mass is 375 g/mol. The third kappa shape index (κ3) is 5.71. The highest BCUT2D eigenvalue weighted by Crippen LogP contribution is 2.13. The highest BCUT2D eigenvalue weighted by atomic mass is 35.5. The Labute approximate surface area is 161 Å². The van der Waals surface area contributed by atoms with E-state index in [2.05, 4.69) is 16.0 Å². The SMILES string of the molecule is COc1ccc(CC(=O)N2CCN(CCc3ccccn3)CC2)cc1.Cl. The molecule has 0 atom stereocenters. The number of halogens is 1. The van der Waals surface area contributed by atoms with Crippen LogP contribution >= 0.6 is 12.4 Å². The molecule has 0 saturated carbocycles. The van der Waals surface area contributed by atoms with Crippen molar-refractivity contribution >= 4 is 18.3 Å². The van der Waals surface area contributed by atoms with Crippen molar-refractivity contribution in [2.45, 2.75) is 12.8 Å². The van der Waals surface area contributed by atoms with Gasteiger partial charge in [0, 0.05) is 51.0 Å². The van der Waals surface area contributed by atoms with E-state index in [0.717, 1.165) is 56.2 Å². The first-order valence-electron chi connectivity index (χ1n) is 8.77. The van der Waals surface area contributed by atoms with Gasteiger partial charge in [-0.3, -0.25) is 14.7 Å². The van der Waals surface area contributed by atoms with Gasteiger partial charge in [-0.05, 0) is 29.8 Å². The minimum atomic E-state index is 0. The molecule has 0 spiro atoms. The Balaban J connectivity index is 0.00000243. The lowest BCUT2D eigenvalue weighted by molar-refractivity contribution is -0.132. The number of nitrogens with zero attached hydrogens (tertiary/aromatic N) is 3. The van der Waals surface area contributed by atoms with Crippen LogP contribution in [0, 0.1) is 0 Å². The number of ether oxygens (including phenoxy) is 1. The van der Waals surface area contributed by atoms with Crippen molar-refractivity contribution in [2.24, 2.45) is 0 Å². The summed E-state index contributed by atoms with van der Waals surface area (Å²) in [5, 5.41) is 0. The fraction of sp³-hybridized carbons (Fsp3) is 0.400. The van der Waals surface area contributed by atoms with E-state index in [4.69, 9.17) is 4.74 Å². The van der Waals surface area contributed by atoms with Crippen molar-refractivity contribution in [1.29, 1.82) is 0 Å². The normalized spacial score (nSPS) is 14.6. The number of carbonyl (C=O) groups excluding carboxylic acids is 1. The molecular formula is C20H26ClN3O2. The van der Waals surface area contributed by atoms with Gasteiger partial charge in [-0.15, -0.1) is 12.4 Å². The third-order valence-electron chi connectivity index (χ3n) is 4.65. The van der Waals surface area contributed by atoms with Crippen molar-refractivity contribution in [1.82, 2.24) is 14.8 Å². The van der Waals surface area contributed by atoms with E-state index in [1.54, 1.807) is 7.11 Å². The quantitative estimate of drug-likeness (QED) is 0.778. The molecule has 3 rings (SSSR count). The summed E-state index contributed by atoms with van der Waals surface area (Å²) in [6, 6.07) is 13.7. The number of hydrogen-bond donors (Lipinski definition) is 0. The number of hydrogen-bond acceptors (Lipinski definition) is 4. The van der Waals surface area contributed by atoms with E-state index in [1.807, 2.05) is 47.5 Å². The van der Waals surface area contributed by atoms with E-state index in [9.17, 15) is 4.79 Å². The van der Waals surface area contributed by atoms with Crippen LogP contribution in [0.15, 0.2) is 48.7 Å². The molecule has 0 bridgehead atoms. The lowest BCUT2D eigenvalue weighted by Crippen LogP contribution is -2.49. The predicted octanol–water partition coefficient (Wildman–Crippen LogP) is 2.44. The minimum absolute atomic E-state index is 0. The van der Waals surface area contributed by atoms with Crippen LogP contribution in [0.3, 0.4) is 0 Å². The molecule has 1 amide bonds. The van der Waals surface area contributed by atoms with E-state index in [0.29, 0.717) is 6.42 Å². The van der Waals surface area contributed by atoms with Crippen LogP contribution in [0.5, 0.6) is 5.75 Å². The molecule has 2 heterocycles. The first-order valence-corrected chi connectivity index (χ1v) is 8.77. The summed E-state index contributed by atoms with van der Waals surface area (Å²) in [7, 11) is 1.65. The summed E-state index contributed by atoms with van der Waals surface area (Å²) in [6.07, 6.45) is 3.25. The largest absolute Gasteiger partial charge is 0.497 e. The van der Waals surface area contributed by atoms with Gasteiger partial charge in [0.2, 0.25) is 5.91 Å². The summed E-state index contributed by atoms with van der Waals surface area (Å²) < 4.78 is 5.15. The summed E-state index contributed by atoms with van der Waals surface area (Å²) in [4.78, 5) is 21.2. The second-order valence-electron chi connectivity index (χ2n) is 6.32. The fourth-order valence-corrected chi connectivity index (χ4v) is 3.07. The second-order valence-corrected chi connectivity index (χ2v) is 6.32. The summed E-state index contributed by atoms with van der Waals surface area (Å²) in [5.41, 5.74) is 2.16. The molecule has 0 radical (unpaired) electrons. The third-order valence-corrected chi connectivity index (χ3v) is 4.65. The molecule has 1 aromatic heterocycles. The first-order chi connectivity index (χ1) is 12.2. The Morgan fingerprint density at radius 2 is 1.81 bits per heavy atom. The van der Waals surface area contributed by atoms with Gasteiger partial charge in [-0.1, -0.05) is 18.2 Å². The average molecular weight is 376 g/mol. The van der Waals surface area contributed by atoms with Gasteiger partial charge in [0.05, 0.1) is 13.5 Å². The average Bonchev–Trinajstić information content (AvgIpc) is 2.68. The van der Waals surface area contributed by atoms with Crippen LogP contribution in [0.2, 0.25) is 0 Å². The number of rotatable bonds is 6. The second kappa shape index (κ2) is 10.1. The maximum atomic E-state index is 12.5. The van der Waals surface area contributed by atoms with Crippen LogP contribution in [-0.4, -0.2) is 60.5 Å². The van der Waals surface area contributed by atoms with Crippen molar-refractivity contribution < 1.29 is 9.53 Å². The number of aromatic nitrogens is 1. The maximum absolute atomic E-state index is 12.5. The van der Waals surface area contributed by atoms with Crippen LogP contribution in [0.4, 0.5) is 0 Å². The number of carbonyl (C=O) groups is 1. The van der Waals surface area contributed by atoms with Crippen LogP contribution < -0.4 is 4.74 Å². The van der Waals surface area contributed by atoms with E-state index >= 15 is 0 Å². The topological polar surface area (TPSA) is 45.7 Å². The molecule has 1 aromatic carbocycles. The van der Waals surface area contributed by atoms with Gasteiger partial charge in [-0.25, -0.2) is 0 Å². The van der Waals surface area contributed by atoms with Gasteiger partial charge >= 0.3 is 0 Å². The molecule has 2 aromatic rings. The fourth-order valence-electron chi connectivity index (χ4n) is 3.07. The standard InChI is InChI=1S/C20H25N3O2.ClH/c1-25-19-7-5-17(6-8-19)16-20(24)23-14-12-22(13-15-23)11-9-18-4-2-3-10-21-18;/h2-8,10H,9,11-16H2,1H3;1H. The van der Waals surface area contributed by atoms with Crippen molar-refractivity contribution in [3.63, 3.8) is 0 Å². The molecule has 5 nitrogen and oxygen atoms in total. The summed E-state index contributed by atoms with van der Waals surface area (Å²) in [5.74, 6) is 1.02. The molecule has 6 heteroatoms. The van der Waals surface area contributed by atoms with Gasteiger partial charge in [-0.2, -0.15) is 0 Å². The van der Waals surface area contributed by atoms with Crippen molar-refractivity contribution in [2.75, 3.05) is 39.8 Å². The maximum Gasteiger partial charge on any atom is 0.227 e.